The van der Waals surface area contributed by atoms with E-state index in [-0.39, 0.29) is 0 Å². The lowest BCUT2D eigenvalue weighted by Crippen LogP contribution is -2.12. The van der Waals surface area contributed by atoms with Gasteiger partial charge in [0.1, 0.15) is 0 Å². The van der Waals surface area contributed by atoms with Gasteiger partial charge in [-0.3, -0.25) is 0 Å². The highest BCUT2D eigenvalue weighted by atomic mass is 79.9. The van der Waals surface area contributed by atoms with Gasteiger partial charge < -0.3 is 5.73 Å². The van der Waals surface area contributed by atoms with Crippen molar-refractivity contribution in [3.05, 3.63) is 45.2 Å². The first-order valence-corrected chi connectivity index (χ1v) is 8.25. The summed E-state index contributed by atoms with van der Waals surface area (Å²) in [6, 6.07) is 6.26. The Bertz CT molecular complexity index is 613. The smallest absolute Gasteiger partial charge is 0.159 e. The molecule has 0 radical (unpaired) electrons. The molecule has 0 aliphatic rings. The van der Waals surface area contributed by atoms with Crippen molar-refractivity contribution >= 4 is 15.9 Å². The van der Waals surface area contributed by atoms with Gasteiger partial charge in [0, 0.05) is 21.4 Å². The summed E-state index contributed by atoms with van der Waals surface area (Å²) in [4.78, 5) is 9.54. The van der Waals surface area contributed by atoms with Gasteiger partial charge >= 0.3 is 0 Å². The SMILES string of the molecule is CCc1nc(-c2ccc(C)c(Br)c2)nc(CC)c1CCN. The number of rotatable bonds is 5. The van der Waals surface area contributed by atoms with Crippen molar-refractivity contribution in [1.29, 1.82) is 0 Å². The standard InChI is InChI=1S/C17H22BrN3/c1-4-15-13(8-9-19)16(5-2)21-17(20-15)12-7-6-11(3)14(18)10-12/h6-7,10H,4-5,8-9,19H2,1-3H3. The predicted molar refractivity (Wildman–Crippen MR) is 91.4 cm³/mol. The topological polar surface area (TPSA) is 51.8 Å². The van der Waals surface area contributed by atoms with Crippen LogP contribution in [-0.4, -0.2) is 16.5 Å². The summed E-state index contributed by atoms with van der Waals surface area (Å²) in [5.74, 6) is 0.810. The zero-order valence-electron chi connectivity index (χ0n) is 12.9. The highest BCUT2D eigenvalue weighted by Crippen LogP contribution is 2.25. The third-order valence-electron chi connectivity index (χ3n) is 3.67. The summed E-state index contributed by atoms with van der Waals surface area (Å²) in [5, 5.41) is 0. The molecule has 0 amide bonds. The first-order chi connectivity index (χ1) is 10.1. The van der Waals surface area contributed by atoms with Crippen LogP contribution in [0.2, 0.25) is 0 Å². The summed E-state index contributed by atoms with van der Waals surface area (Å²) < 4.78 is 1.09. The molecule has 0 aliphatic heterocycles. The quantitative estimate of drug-likeness (QED) is 0.893. The Morgan fingerprint density at radius 3 is 2.19 bits per heavy atom. The van der Waals surface area contributed by atoms with Gasteiger partial charge in [-0.2, -0.15) is 0 Å². The lowest BCUT2D eigenvalue weighted by Gasteiger charge is -2.13. The largest absolute Gasteiger partial charge is 0.330 e. The zero-order chi connectivity index (χ0) is 15.4. The van der Waals surface area contributed by atoms with E-state index in [1.165, 1.54) is 11.1 Å². The van der Waals surface area contributed by atoms with E-state index < -0.39 is 0 Å². The lowest BCUT2D eigenvalue weighted by molar-refractivity contribution is 0.844. The van der Waals surface area contributed by atoms with Gasteiger partial charge in [0.05, 0.1) is 0 Å². The minimum absolute atomic E-state index is 0.638. The number of benzene rings is 1. The number of hydrogen-bond acceptors (Lipinski definition) is 3. The molecule has 1 aromatic heterocycles. The van der Waals surface area contributed by atoms with Crippen molar-refractivity contribution in [1.82, 2.24) is 9.97 Å². The number of hydrogen-bond donors (Lipinski definition) is 1. The monoisotopic (exact) mass is 347 g/mol. The Balaban J connectivity index is 2.56. The molecule has 0 saturated heterocycles. The second-order valence-corrected chi connectivity index (χ2v) is 5.98. The molecular formula is C17H22BrN3. The minimum atomic E-state index is 0.638. The highest BCUT2D eigenvalue weighted by molar-refractivity contribution is 9.10. The van der Waals surface area contributed by atoms with Gasteiger partial charge in [0.25, 0.3) is 0 Å². The van der Waals surface area contributed by atoms with Crippen LogP contribution >= 0.6 is 15.9 Å². The molecule has 2 rings (SSSR count). The first kappa shape index (κ1) is 16.1. The maximum atomic E-state index is 5.73. The second kappa shape index (κ2) is 7.14. The molecule has 21 heavy (non-hydrogen) atoms. The van der Waals surface area contributed by atoms with Crippen LogP contribution in [0.5, 0.6) is 0 Å². The van der Waals surface area contributed by atoms with Crippen molar-refractivity contribution in [3.8, 4) is 11.4 Å². The van der Waals surface area contributed by atoms with Gasteiger partial charge in [-0.05, 0) is 49.9 Å². The molecule has 0 aliphatic carbocycles. The normalized spacial score (nSPS) is 10.9. The molecule has 0 spiro atoms. The molecule has 0 fully saturated rings. The van der Waals surface area contributed by atoms with Gasteiger partial charge in [-0.25, -0.2) is 9.97 Å². The summed E-state index contributed by atoms with van der Waals surface area (Å²) in [5.41, 5.74) is 11.5. The molecule has 4 heteroatoms. The summed E-state index contributed by atoms with van der Waals surface area (Å²) >= 11 is 3.58. The van der Waals surface area contributed by atoms with E-state index in [0.29, 0.717) is 6.54 Å². The Hall–Kier alpha value is -1.26. The average molecular weight is 348 g/mol. The lowest BCUT2D eigenvalue weighted by atomic mass is 10.0. The number of halogens is 1. The molecule has 1 aromatic carbocycles. The van der Waals surface area contributed by atoms with Crippen LogP contribution in [-0.2, 0) is 19.3 Å². The van der Waals surface area contributed by atoms with Crippen molar-refractivity contribution in [2.75, 3.05) is 6.54 Å². The average Bonchev–Trinajstić information content (AvgIpc) is 2.50. The number of aromatic nitrogens is 2. The zero-order valence-corrected chi connectivity index (χ0v) is 14.5. The van der Waals surface area contributed by atoms with Crippen LogP contribution in [0.15, 0.2) is 22.7 Å². The molecule has 0 unspecified atom stereocenters. The van der Waals surface area contributed by atoms with E-state index in [4.69, 9.17) is 15.7 Å². The van der Waals surface area contributed by atoms with Crippen molar-refractivity contribution in [3.63, 3.8) is 0 Å². The van der Waals surface area contributed by atoms with Gasteiger partial charge in [-0.15, -0.1) is 0 Å². The maximum absolute atomic E-state index is 5.73. The van der Waals surface area contributed by atoms with Crippen LogP contribution in [0.1, 0.15) is 36.4 Å². The Morgan fingerprint density at radius 1 is 1.10 bits per heavy atom. The number of aryl methyl sites for hydroxylation is 3. The van der Waals surface area contributed by atoms with E-state index in [1.807, 2.05) is 0 Å². The van der Waals surface area contributed by atoms with Crippen molar-refractivity contribution in [2.45, 2.75) is 40.0 Å². The minimum Gasteiger partial charge on any atom is -0.330 e. The van der Waals surface area contributed by atoms with Crippen molar-refractivity contribution in [2.24, 2.45) is 5.73 Å². The summed E-state index contributed by atoms with van der Waals surface area (Å²) in [6.45, 7) is 6.99. The maximum Gasteiger partial charge on any atom is 0.159 e. The summed E-state index contributed by atoms with van der Waals surface area (Å²) in [7, 11) is 0. The van der Waals surface area contributed by atoms with Gasteiger partial charge in [0.2, 0.25) is 0 Å². The van der Waals surface area contributed by atoms with E-state index in [2.05, 4.69) is 54.9 Å². The third-order valence-corrected chi connectivity index (χ3v) is 4.53. The van der Waals surface area contributed by atoms with E-state index in [1.54, 1.807) is 0 Å². The second-order valence-electron chi connectivity index (χ2n) is 5.13. The van der Waals surface area contributed by atoms with Crippen molar-refractivity contribution < 1.29 is 0 Å². The molecule has 2 N–H and O–H groups in total. The molecule has 3 nitrogen and oxygen atoms in total. The molecule has 0 saturated carbocycles. The van der Waals surface area contributed by atoms with E-state index >= 15 is 0 Å². The van der Waals surface area contributed by atoms with Crippen LogP contribution < -0.4 is 5.73 Å². The number of nitrogens with zero attached hydrogens (tertiary/aromatic N) is 2. The molecule has 1 heterocycles. The van der Waals surface area contributed by atoms with Crippen LogP contribution in [0.25, 0.3) is 11.4 Å². The first-order valence-electron chi connectivity index (χ1n) is 7.45. The molecule has 112 valence electrons. The predicted octanol–water partition coefficient (Wildman–Crippen LogP) is 3.84. The molecule has 0 atom stereocenters. The van der Waals surface area contributed by atoms with E-state index in [0.717, 1.165) is 46.5 Å². The Kier molecular flexibility index (Phi) is 5.48. The van der Waals surface area contributed by atoms with Crippen LogP contribution in [0, 0.1) is 6.92 Å². The van der Waals surface area contributed by atoms with Gasteiger partial charge in [0.15, 0.2) is 5.82 Å². The fourth-order valence-electron chi connectivity index (χ4n) is 2.46. The molecule has 2 aromatic rings. The number of nitrogens with two attached hydrogens (primary N) is 1. The molecular weight excluding hydrogens is 326 g/mol. The van der Waals surface area contributed by atoms with E-state index in [9.17, 15) is 0 Å². The fourth-order valence-corrected chi connectivity index (χ4v) is 2.84. The van der Waals surface area contributed by atoms with Crippen LogP contribution in [0.4, 0.5) is 0 Å². The Morgan fingerprint density at radius 2 is 1.71 bits per heavy atom. The van der Waals surface area contributed by atoms with Gasteiger partial charge in [-0.1, -0.05) is 41.9 Å². The summed E-state index contributed by atoms with van der Waals surface area (Å²) in [6.07, 6.45) is 2.67. The third kappa shape index (κ3) is 3.50. The molecule has 0 bridgehead atoms. The fraction of sp³-hybridized carbons (Fsp3) is 0.412. The Labute approximate surface area is 135 Å². The highest BCUT2D eigenvalue weighted by Gasteiger charge is 2.13. The van der Waals surface area contributed by atoms with Crippen LogP contribution in [0.3, 0.4) is 0 Å².